The van der Waals surface area contributed by atoms with Gasteiger partial charge in [-0.15, -0.1) is 0 Å². The van der Waals surface area contributed by atoms with Crippen LogP contribution in [0.4, 0.5) is 0 Å². The van der Waals surface area contributed by atoms with Gasteiger partial charge in [-0.1, -0.05) is 20.2 Å². The second kappa shape index (κ2) is 4.50. The summed E-state index contributed by atoms with van der Waals surface area (Å²) in [6.45, 7) is 5.00. The van der Waals surface area contributed by atoms with Gasteiger partial charge < -0.3 is 9.84 Å². The lowest BCUT2D eigenvalue weighted by atomic mass is 9.79. The van der Waals surface area contributed by atoms with Crippen molar-refractivity contribution in [3.63, 3.8) is 0 Å². The first kappa shape index (κ1) is 11.5. The standard InChI is InChI=1S/C8H15BO3/c1-6(10)4-12-7(11)8(2,3)5-9/h6,10H,4-5H2,1-3H3. The topological polar surface area (TPSA) is 46.5 Å². The number of rotatable bonds is 4. The van der Waals surface area contributed by atoms with Crippen LogP contribution in [-0.2, 0) is 9.53 Å². The van der Waals surface area contributed by atoms with E-state index in [0.717, 1.165) is 0 Å². The number of carbonyl (C=O) groups excluding carboxylic acids is 1. The maximum atomic E-state index is 11.2. The van der Waals surface area contributed by atoms with Crippen LogP contribution in [0.3, 0.4) is 0 Å². The molecular formula is C8H15BO3. The molecule has 12 heavy (non-hydrogen) atoms. The highest BCUT2D eigenvalue weighted by atomic mass is 16.5. The van der Waals surface area contributed by atoms with Crippen LogP contribution in [0.1, 0.15) is 20.8 Å². The van der Waals surface area contributed by atoms with Crippen LogP contribution in [-0.4, -0.2) is 31.6 Å². The van der Waals surface area contributed by atoms with Crippen molar-refractivity contribution in [2.75, 3.05) is 6.61 Å². The molecule has 1 atom stereocenters. The number of hydrogen-bond acceptors (Lipinski definition) is 3. The average Bonchev–Trinajstić information content (AvgIpc) is 2.00. The molecule has 0 aromatic heterocycles. The summed E-state index contributed by atoms with van der Waals surface area (Å²) in [5, 5.41) is 8.83. The first-order valence-corrected chi connectivity index (χ1v) is 3.95. The summed E-state index contributed by atoms with van der Waals surface area (Å²) in [6.07, 6.45) is -0.381. The Labute approximate surface area is 74.5 Å². The highest BCUT2D eigenvalue weighted by Gasteiger charge is 2.26. The molecule has 0 saturated heterocycles. The summed E-state index contributed by atoms with van der Waals surface area (Å²) in [4.78, 5) is 11.2. The van der Waals surface area contributed by atoms with E-state index >= 15 is 0 Å². The third-order valence-electron chi connectivity index (χ3n) is 1.52. The van der Waals surface area contributed by atoms with Crippen LogP contribution >= 0.6 is 0 Å². The van der Waals surface area contributed by atoms with Crippen LogP contribution < -0.4 is 0 Å². The fourth-order valence-electron chi connectivity index (χ4n) is 0.475. The van der Waals surface area contributed by atoms with Crippen LogP contribution in [0.2, 0.25) is 6.32 Å². The van der Waals surface area contributed by atoms with Gasteiger partial charge in [0, 0.05) is 0 Å². The van der Waals surface area contributed by atoms with Gasteiger partial charge in [0.25, 0.3) is 0 Å². The van der Waals surface area contributed by atoms with E-state index in [-0.39, 0.29) is 18.9 Å². The summed E-state index contributed by atoms with van der Waals surface area (Å²) < 4.78 is 4.79. The smallest absolute Gasteiger partial charge is 0.310 e. The third-order valence-corrected chi connectivity index (χ3v) is 1.52. The van der Waals surface area contributed by atoms with Crippen molar-refractivity contribution in [2.24, 2.45) is 5.41 Å². The van der Waals surface area contributed by atoms with Crippen LogP contribution in [0, 0.1) is 5.41 Å². The van der Waals surface area contributed by atoms with Crippen LogP contribution in [0.5, 0.6) is 0 Å². The van der Waals surface area contributed by atoms with Gasteiger partial charge in [-0.05, 0) is 6.92 Å². The zero-order valence-electron chi connectivity index (χ0n) is 7.83. The Bertz CT molecular complexity index is 154. The molecule has 2 radical (unpaired) electrons. The maximum Gasteiger partial charge on any atom is 0.310 e. The quantitative estimate of drug-likeness (QED) is 0.494. The van der Waals surface area contributed by atoms with Gasteiger partial charge in [-0.3, -0.25) is 4.79 Å². The van der Waals surface area contributed by atoms with Crippen molar-refractivity contribution >= 4 is 13.8 Å². The molecule has 0 bridgehead atoms. The minimum Gasteiger partial charge on any atom is -0.463 e. The van der Waals surface area contributed by atoms with Gasteiger partial charge in [0.05, 0.1) is 19.4 Å². The molecule has 0 amide bonds. The number of ether oxygens (including phenoxy) is 1. The molecule has 0 aromatic rings. The monoisotopic (exact) mass is 170 g/mol. The molecule has 0 aliphatic carbocycles. The third kappa shape index (κ3) is 3.76. The predicted octanol–water partition coefficient (Wildman–Crippen LogP) is 0.523. The Hall–Kier alpha value is -0.505. The highest BCUT2D eigenvalue weighted by Crippen LogP contribution is 2.20. The normalized spacial score (nSPS) is 14.0. The van der Waals surface area contributed by atoms with Gasteiger partial charge >= 0.3 is 5.97 Å². The molecule has 0 spiro atoms. The lowest BCUT2D eigenvalue weighted by Crippen LogP contribution is -2.28. The first-order valence-electron chi connectivity index (χ1n) is 3.95. The molecule has 3 nitrogen and oxygen atoms in total. The molecule has 68 valence electrons. The molecule has 0 fully saturated rings. The SMILES string of the molecule is [B]CC(C)(C)C(=O)OCC(C)O. The summed E-state index contributed by atoms with van der Waals surface area (Å²) in [5.74, 6) is -0.370. The van der Waals surface area contributed by atoms with E-state index in [0.29, 0.717) is 0 Å². The molecular weight excluding hydrogens is 155 g/mol. The number of hydrogen-bond donors (Lipinski definition) is 1. The van der Waals surface area contributed by atoms with Gasteiger partial charge in [-0.2, -0.15) is 0 Å². The Morgan fingerprint density at radius 1 is 1.67 bits per heavy atom. The fraction of sp³-hybridized carbons (Fsp3) is 0.875. The molecule has 0 heterocycles. The Morgan fingerprint density at radius 3 is 2.50 bits per heavy atom. The van der Waals surface area contributed by atoms with Crippen LogP contribution in [0.15, 0.2) is 0 Å². The van der Waals surface area contributed by atoms with E-state index in [2.05, 4.69) is 0 Å². The molecule has 1 N–H and O–H groups in total. The lowest BCUT2D eigenvalue weighted by Gasteiger charge is -2.20. The van der Waals surface area contributed by atoms with E-state index in [1.54, 1.807) is 20.8 Å². The van der Waals surface area contributed by atoms with Crippen molar-refractivity contribution in [1.29, 1.82) is 0 Å². The number of carbonyl (C=O) groups is 1. The van der Waals surface area contributed by atoms with Gasteiger partial charge in [-0.25, -0.2) is 0 Å². The Kier molecular flexibility index (Phi) is 4.31. The number of aliphatic hydroxyl groups is 1. The molecule has 0 aliphatic heterocycles. The van der Waals surface area contributed by atoms with E-state index < -0.39 is 11.5 Å². The van der Waals surface area contributed by atoms with Gasteiger partial charge in [0.15, 0.2) is 0 Å². The van der Waals surface area contributed by atoms with Crippen molar-refractivity contribution in [3.05, 3.63) is 0 Å². The van der Waals surface area contributed by atoms with Gasteiger partial charge in [0.2, 0.25) is 0 Å². The summed E-state index contributed by atoms with van der Waals surface area (Å²) >= 11 is 0. The zero-order chi connectivity index (χ0) is 9.78. The second-order valence-electron chi connectivity index (χ2n) is 3.54. The molecule has 0 aromatic carbocycles. The summed E-state index contributed by atoms with van der Waals surface area (Å²) in [6, 6.07) is 0. The number of esters is 1. The number of aliphatic hydroxyl groups excluding tert-OH is 1. The van der Waals surface area contributed by atoms with E-state index in [9.17, 15) is 4.79 Å². The van der Waals surface area contributed by atoms with Gasteiger partial charge in [0.1, 0.15) is 6.61 Å². The molecule has 0 rings (SSSR count). The summed E-state index contributed by atoms with van der Waals surface area (Å²) in [5.41, 5.74) is -0.658. The zero-order valence-corrected chi connectivity index (χ0v) is 7.83. The molecule has 0 saturated carbocycles. The second-order valence-corrected chi connectivity index (χ2v) is 3.54. The molecule has 0 aliphatic rings. The highest BCUT2D eigenvalue weighted by molar-refractivity contribution is 6.10. The predicted molar refractivity (Wildman–Crippen MR) is 47.0 cm³/mol. The average molecular weight is 170 g/mol. The fourth-order valence-corrected chi connectivity index (χ4v) is 0.475. The van der Waals surface area contributed by atoms with E-state index in [1.165, 1.54) is 0 Å². The minimum absolute atomic E-state index is 0.0300. The van der Waals surface area contributed by atoms with E-state index in [4.69, 9.17) is 17.7 Å². The Morgan fingerprint density at radius 2 is 2.17 bits per heavy atom. The minimum atomic E-state index is -0.658. The lowest BCUT2D eigenvalue weighted by molar-refractivity contribution is -0.155. The largest absolute Gasteiger partial charge is 0.463 e. The molecule has 1 unspecified atom stereocenters. The summed E-state index contributed by atoms with van der Waals surface area (Å²) in [7, 11) is 5.35. The van der Waals surface area contributed by atoms with Crippen molar-refractivity contribution in [2.45, 2.75) is 33.2 Å². The van der Waals surface area contributed by atoms with Crippen molar-refractivity contribution < 1.29 is 14.6 Å². The van der Waals surface area contributed by atoms with Crippen molar-refractivity contribution in [3.8, 4) is 0 Å². The maximum absolute atomic E-state index is 11.2. The Balaban J connectivity index is 3.88. The van der Waals surface area contributed by atoms with E-state index in [1.807, 2.05) is 0 Å². The molecule has 4 heteroatoms. The van der Waals surface area contributed by atoms with Crippen LogP contribution in [0.25, 0.3) is 0 Å². The van der Waals surface area contributed by atoms with Crippen molar-refractivity contribution in [1.82, 2.24) is 0 Å². The first-order chi connectivity index (χ1) is 5.40.